The highest BCUT2D eigenvalue weighted by Gasteiger charge is 2.15. The van der Waals surface area contributed by atoms with E-state index in [2.05, 4.69) is 11.8 Å². The average Bonchev–Trinajstić information content (AvgIpc) is 2.05. The van der Waals surface area contributed by atoms with Gasteiger partial charge in [0.2, 0.25) is 0 Å². The molecule has 1 radical (unpaired) electrons. The molecule has 1 fully saturated rings. The molecule has 1 unspecified atom stereocenters. The van der Waals surface area contributed by atoms with Crippen LogP contribution in [-0.2, 0) is 0 Å². The molecule has 0 amide bonds. The molecule has 1 atom stereocenters. The van der Waals surface area contributed by atoms with Crippen molar-refractivity contribution < 1.29 is 5.11 Å². The van der Waals surface area contributed by atoms with Crippen LogP contribution in [0, 0.1) is 6.92 Å². The van der Waals surface area contributed by atoms with Gasteiger partial charge in [0, 0.05) is 13.1 Å². The number of aliphatic hydroxyl groups excluding tert-OH is 1. The molecule has 0 aromatic carbocycles. The summed E-state index contributed by atoms with van der Waals surface area (Å²) in [5.41, 5.74) is 0. The molecule has 0 spiro atoms. The van der Waals surface area contributed by atoms with Crippen LogP contribution in [0.5, 0.6) is 0 Å². The van der Waals surface area contributed by atoms with Crippen molar-refractivity contribution in [2.24, 2.45) is 0 Å². The summed E-state index contributed by atoms with van der Waals surface area (Å²) >= 11 is 0. The van der Waals surface area contributed by atoms with Crippen LogP contribution in [-0.4, -0.2) is 29.3 Å². The van der Waals surface area contributed by atoms with Crippen LogP contribution in [0.2, 0.25) is 0 Å². The third kappa shape index (κ3) is 1.96. The molecule has 59 valence electrons. The molecule has 0 aliphatic carbocycles. The van der Waals surface area contributed by atoms with Gasteiger partial charge in [-0.1, -0.05) is 6.42 Å². The number of likely N-dealkylation sites (tertiary alicyclic amines) is 1. The quantitative estimate of drug-likeness (QED) is 0.622. The molecule has 1 aliphatic rings. The zero-order valence-corrected chi connectivity index (χ0v) is 6.42. The third-order valence-corrected chi connectivity index (χ3v) is 2.07. The van der Waals surface area contributed by atoms with Crippen LogP contribution in [0.3, 0.4) is 0 Å². The normalized spacial score (nSPS) is 24.6. The summed E-state index contributed by atoms with van der Waals surface area (Å²) < 4.78 is 0. The Morgan fingerprint density at radius 1 is 1.30 bits per heavy atom. The largest absolute Gasteiger partial charge is 0.378 e. The van der Waals surface area contributed by atoms with Gasteiger partial charge in [0.05, 0.1) is 0 Å². The van der Waals surface area contributed by atoms with Crippen molar-refractivity contribution >= 4 is 0 Å². The zero-order chi connectivity index (χ0) is 7.40. The lowest BCUT2D eigenvalue weighted by atomic mass is 10.1. The number of aliphatic hydroxyl groups is 1. The topological polar surface area (TPSA) is 23.5 Å². The van der Waals surface area contributed by atoms with Gasteiger partial charge in [0.15, 0.2) is 0 Å². The fraction of sp³-hybridized carbons (Fsp3) is 0.875. The molecule has 2 heteroatoms. The van der Waals surface area contributed by atoms with Gasteiger partial charge in [-0.05, 0) is 26.2 Å². The first kappa shape index (κ1) is 8.02. The molecule has 2 nitrogen and oxygen atoms in total. The Morgan fingerprint density at radius 3 is 2.40 bits per heavy atom. The van der Waals surface area contributed by atoms with Gasteiger partial charge in [0.1, 0.15) is 6.23 Å². The van der Waals surface area contributed by atoms with Crippen LogP contribution >= 0.6 is 0 Å². The highest BCUT2D eigenvalue weighted by atomic mass is 16.3. The second-order valence-corrected chi connectivity index (χ2v) is 2.87. The molecular formula is C8H16NO. The Bertz CT molecular complexity index is 89.3. The Balaban J connectivity index is 2.24. The SMILES string of the molecule is [CH2]CC(O)N1CCCCC1. The minimum absolute atomic E-state index is 0.291. The van der Waals surface area contributed by atoms with E-state index in [-0.39, 0.29) is 6.23 Å². The molecule has 1 N–H and O–H groups in total. The summed E-state index contributed by atoms with van der Waals surface area (Å²) in [6.45, 7) is 5.77. The summed E-state index contributed by atoms with van der Waals surface area (Å²) in [5.74, 6) is 0. The maximum Gasteiger partial charge on any atom is 0.107 e. The molecule has 0 aromatic rings. The summed E-state index contributed by atoms with van der Waals surface area (Å²) in [6.07, 6.45) is 4.11. The van der Waals surface area contributed by atoms with Crippen LogP contribution in [0.1, 0.15) is 25.7 Å². The monoisotopic (exact) mass is 142 g/mol. The Kier molecular flexibility index (Phi) is 3.16. The molecule has 0 aromatic heterocycles. The van der Waals surface area contributed by atoms with E-state index in [0.29, 0.717) is 6.42 Å². The summed E-state index contributed by atoms with van der Waals surface area (Å²) in [6, 6.07) is 0. The summed E-state index contributed by atoms with van der Waals surface area (Å²) in [5, 5.41) is 9.35. The van der Waals surface area contributed by atoms with Crippen molar-refractivity contribution in [1.29, 1.82) is 0 Å². The van der Waals surface area contributed by atoms with E-state index < -0.39 is 0 Å². The number of piperidine rings is 1. The van der Waals surface area contributed by atoms with Crippen molar-refractivity contribution in [3.63, 3.8) is 0 Å². The van der Waals surface area contributed by atoms with Gasteiger partial charge in [-0.25, -0.2) is 0 Å². The average molecular weight is 142 g/mol. The van der Waals surface area contributed by atoms with E-state index in [9.17, 15) is 5.11 Å². The minimum Gasteiger partial charge on any atom is -0.378 e. The smallest absolute Gasteiger partial charge is 0.107 e. The van der Waals surface area contributed by atoms with Crippen LogP contribution in [0.25, 0.3) is 0 Å². The van der Waals surface area contributed by atoms with E-state index in [4.69, 9.17) is 0 Å². The Morgan fingerprint density at radius 2 is 1.90 bits per heavy atom. The second-order valence-electron chi connectivity index (χ2n) is 2.87. The first-order chi connectivity index (χ1) is 4.84. The van der Waals surface area contributed by atoms with Gasteiger partial charge in [-0.2, -0.15) is 0 Å². The minimum atomic E-state index is -0.291. The first-order valence-corrected chi connectivity index (χ1v) is 4.06. The van der Waals surface area contributed by atoms with Crippen molar-refractivity contribution in [2.75, 3.05) is 13.1 Å². The molecular weight excluding hydrogens is 126 g/mol. The molecule has 1 saturated heterocycles. The number of nitrogens with zero attached hydrogens (tertiary/aromatic N) is 1. The zero-order valence-electron chi connectivity index (χ0n) is 6.42. The fourth-order valence-corrected chi connectivity index (χ4v) is 1.40. The van der Waals surface area contributed by atoms with Crippen LogP contribution in [0.4, 0.5) is 0 Å². The van der Waals surface area contributed by atoms with E-state index in [1.165, 1.54) is 19.3 Å². The molecule has 1 heterocycles. The van der Waals surface area contributed by atoms with E-state index >= 15 is 0 Å². The number of hydrogen-bond donors (Lipinski definition) is 1. The fourth-order valence-electron chi connectivity index (χ4n) is 1.40. The van der Waals surface area contributed by atoms with Gasteiger partial charge in [0.25, 0.3) is 0 Å². The molecule has 0 bridgehead atoms. The summed E-state index contributed by atoms with van der Waals surface area (Å²) in [4.78, 5) is 2.11. The predicted molar refractivity (Wildman–Crippen MR) is 41.4 cm³/mol. The standard InChI is InChI=1S/C8H16NO/c1-2-8(10)9-6-4-3-5-7-9/h8,10H,1-7H2. The van der Waals surface area contributed by atoms with Crippen LogP contribution in [0.15, 0.2) is 0 Å². The highest BCUT2D eigenvalue weighted by molar-refractivity contribution is 4.67. The first-order valence-electron chi connectivity index (χ1n) is 4.06. The van der Waals surface area contributed by atoms with Gasteiger partial charge in [-0.15, -0.1) is 0 Å². The third-order valence-electron chi connectivity index (χ3n) is 2.07. The van der Waals surface area contributed by atoms with Gasteiger partial charge < -0.3 is 5.11 Å². The van der Waals surface area contributed by atoms with E-state index in [0.717, 1.165) is 13.1 Å². The predicted octanol–water partition coefficient (Wildman–Crippen LogP) is 1.01. The number of hydrogen-bond acceptors (Lipinski definition) is 2. The van der Waals surface area contributed by atoms with Gasteiger partial charge >= 0.3 is 0 Å². The maximum atomic E-state index is 9.35. The van der Waals surface area contributed by atoms with Crippen molar-refractivity contribution in [2.45, 2.75) is 31.9 Å². The van der Waals surface area contributed by atoms with E-state index in [1.54, 1.807) is 0 Å². The van der Waals surface area contributed by atoms with Crippen molar-refractivity contribution in [3.05, 3.63) is 6.92 Å². The van der Waals surface area contributed by atoms with Crippen molar-refractivity contribution in [3.8, 4) is 0 Å². The molecule has 10 heavy (non-hydrogen) atoms. The molecule has 0 saturated carbocycles. The maximum absolute atomic E-state index is 9.35. The van der Waals surface area contributed by atoms with Gasteiger partial charge in [-0.3, -0.25) is 4.90 Å². The Labute approximate surface area is 62.8 Å². The van der Waals surface area contributed by atoms with E-state index in [1.807, 2.05) is 0 Å². The Hall–Kier alpha value is -0.0800. The number of rotatable bonds is 2. The highest BCUT2D eigenvalue weighted by Crippen LogP contribution is 2.11. The lowest BCUT2D eigenvalue weighted by Gasteiger charge is -2.30. The molecule has 1 aliphatic heterocycles. The lowest BCUT2D eigenvalue weighted by molar-refractivity contribution is -0.00558. The van der Waals surface area contributed by atoms with Crippen LogP contribution < -0.4 is 0 Å². The second kappa shape index (κ2) is 3.94. The lowest BCUT2D eigenvalue weighted by Crippen LogP contribution is -2.38. The van der Waals surface area contributed by atoms with Crippen molar-refractivity contribution in [1.82, 2.24) is 4.90 Å². The molecule has 1 rings (SSSR count). The summed E-state index contributed by atoms with van der Waals surface area (Å²) in [7, 11) is 0.